The highest BCUT2D eigenvalue weighted by atomic mass is 19.4. The fraction of sp³-hybridized carbons (Fsp3) is 0.167. The van der Waals surface area contributed by atoms with Gasteiger partial charge in [-0.25, -0.2) is 4.98 Å². The molecule has 9 heteroatoms. The molecule has 0 aliphatic rings. The highest BCUT2D eigenvalue weighted by molar-refractivity contribution is 5.64. The van der Waals surface area contributed by atoms with Gasteiger partial charge in [0.05, 0.1) is 0 Å². The van der Waals surface area contributed by atoms with Crippen molar-refractivity contribution in [3.8, 4) is 0 Å². The molecule has 2 rings (SSSR count). The third kappa shape index (κ3) is 1.60. The lowest BCUT2D eigenvalue weighted by Crippen LogP contribution is -2.06. The first-order valence-electron chi connectivity index (χ1n) is 3.54. The quantitative estimate of drug-likeness (QED) is 0.692. The topological polar surface area (TPSA) is 54.5 Å². The molecule has 1 N–H and O–H groups in total. The number of nitrogens with one attached hydrogen (secondary N) is 1. The van der Waals surface area contributed by atoms with Crippen molar-refractivity contribution in [1.29, 1.82) is 0 Å². The van der Waals surface area contributed by atoms with Crippen LogP contribution in [-0.4, -0.2) is 19.9 Å². The Kier molecular flexibility index (Phi) is 1.85. The van der Waals surface area contributed by atoms with Crippen molar-refractivity contribution in [2.75, 3.05) is 0 Å². The van der Waals surface area contributed by atoms with Crippen LogP contribution in [0.5, 0.6) is 0 Å². The highest BCUT2D eigenvalue weighted by Gasteiger charge is 2.35. The van der Waals surface area contributed by atoms with Gasteiger partial charge in [-0.3, -0.25) is 0 Å². The second-order valence-corrected chi connectivity index (χ2v) is 2.56. The van der Waals surface area contributed by atoms with Crippen LogP contribution in [0.15, 0.2) is 0 Å². The van der Waals surface area contributed by atoms with E-state index in [0.29, 0.717) is 0 Å². The molecule has 0 spiro atoms. The SMILES string of the molecule is Fc1nc2nc(C(F)(F)F)[nH]c2nc1F. The number of aromatic amines is 1. The van der Waals surface area contributed by atoms with Crippen LogP contribution >= 0.6 is 0 Å². The largest absolute Gasteiger partial charge is 0.449 e. The van der Waals surface area contributed by atoms with Crippen molar-refractivity contribution in [2.45, 2.75) is 6.18 Å². The highest BCUT2D eigenvalue weighted by Crippen LogP contribution is 2.27. The van der Waals surface area contributed by atoms with Crippen LogP contribution < -0.4 is 0 Å². The summed E-state index contributed by atoms with van der Waals surface area (Å²) in [4.78, 5) is 10.4. The monoisotopic (exact) mass is 224 g/mol. The van der Waals surface area contributed by atoms with Crippen molar-refractivity contribution in [1.82, 2.24) is 19.9 Å². The molecule has 0 fully saturated rings. The van der Waals surface area contributed by atoms with E-state index in [-0.39, 0.29) is 0 Å². The molecule has 0 aliphatic carbocycles. The Bertz CT molecular complexity index is 477. The molecule has 80 valence electrons. The molecule has 15 heavy (non-hydrogen) atoms. The van der Waals surface area contributed by atoms with Gasteiger partial charge in [-0.15, -0.1) is 0 Å². The van der Waals surface area contributed by atoms with E-state index in [1.807, 2.05) is 0 Å². The Hall–Kier alpha value is -1.80. The predicted octanol–water partition coefficient (Wildman–Crippen LogP) is 1.65. The zero-order chi connectivity index (χ0) is 11.2. The van der Waals surface area contributed by atoms with Crippen molar-refractivity contribution in [2.24, 2.45) is 0 Å². The zero-order valence-electron chi connectivity index (χ0n) is 6.73. The smallest absolute Gasteiger partial charge is 0.318 e. The molecule has 0 saturated carbocycles. The molecule has 2 aromatic heterocycles. The lowest BCUT2D eigenvalue weighted by Gasteiger charge is -1.98. The van der Waals surface area contributed by atoms with E-state index in [0.717, 1.165) is 0 Å². The number of aromatic nitrogens is 4. The fourth-order valence-corrected chi connectivity index (χ4v) is 0.928. The van der Waals surface area contributed by atoms with E-state index in [2.05, 4.69) is 15.0 Å². The van der Waals surface area contributed by atoms with Gasteiger partial charge in [-0.2, -0.15) is 31.9 Å². The van der Waals surface area contributed by atoms with Gasteiger partial charge in [0.15, 0.2) is 5.65 Å². The van der Waals surface area contributed by atoms with E-state index in [1.54, 1.807) is 4.98 Å². The van der Waals surface area contributed by atoms with Gasteiger partial charge >= 0.3 is 6.18 Å². The normalized spacial score (nSPS) is 12.3. The minimum absolute atomic E-state index is 0.554. The minimum Gasteiger partial charge on any atom is -0.318 e. The van der Waals surface area contributed by atoms with Gasteiger partial charge < -0.3 is 4.98 Å². The summed E-state index contributed by atoms with van der Waals surface area (Å²) in [6.07, 6.45) is -4.74. The average molecular weight is 224 g/mol. The molecule has 0 atom stereocenters. The molecule has 0 bridgehead atoms. The molecule has 4 nitrogen and oxygen atoms in total. The number of alkyl halides is 3. The summed E-state index contributed by atoms with van der Waals surface area (Å²) >= 11 is 0. The summed E-state index contributed by atoms with van der Waals surface area (Å²) in [6.45, 7) is 0. The second kappa shape index (κ2) is 2.84. The van der Waals surface area contributed by atoms with E-state index < -0.39 is 35.2 Å². The van der Waals surface area contributed by atoms with Crippen molar-refractivity contribution >= 4 is 11.3 Å². The Morgan fingerprint density at radius 2 is 1.53 bits per heavy atom. The average Bonchev–Trinajstić information content (AvgIpc) is 2.47. The number of halogens is 5. The number of imidazole rings is 1. The number of fused-ring (bicyclic) bond motifs is 1. The third-order valence-electron chi connectivity index (χ3n) is 1.52. The van der Waals surface area contributed by atoms with Crippen LogP contribution in [0.2, 0.25) is 0 Å². The number of H-pyrrole nitrogens is 1. The van der Waals surface area contributed by atoms with E-state index in [4.69, 9.17) is 0 Å². The zero-order valence-corrected chi connectivity index (χ0v) is 6.73. The lowest BCUT2D eigenvalue weighted by molar-refractivity contribution is -0.144. The Morgan fingerprint density at radius 1 is 0.933 bits per heavy atom. The van der Waals surface area contributed by atoms with Crippen LogP contribution in [0.25, 0.3) is 11.3 Å². The lowest BCUT2D eigenvalue weighted by atomic mass is 10.6. The number of hydrogen-bond acceptors (Lipinski definition) is 3. The molecular weight excluding hydrogens is 223 g/mol. The summed E-state index contributed by atoms with van der Waals surface area (Å²) in [5.41, 5.74) is -1.18. The number of rotatable bonds is 0. The molecule has 0 unspecified atom stereocenters. The molecule has 0 aromatic carbocycles. The standard InChI is InChI=1S/C6HF5N4/c7-1-2(8)13-4-3(12-1)14-5(15-4)6(9,10)11/h(H,12,13,14,15). The van der Waals surface area contributed by atoms with Crippen LogP contribution in [0, 0.1) is 11.9 Å². The molecule has 0 amide bonds. The van der Waals surface area contributed by atoms with Gasteiger partial charge in [-0.05, 0) is 0 Å². The summed E-state index contributed by atoms with van der Waals surface area (Å²) in [5.74, 6) is -4.58. The number of nitrogens with zero attached hydrogens (tertiary/aromatic N) is 3. The van der Waals surface area contributed by atoms with Gasteiger partial charge in [0.2, 0.25) is 11.5 Å². The molecule has 0 radical (unpaired) electrons. The van der Waals surface area contributed by atoms with E-state index in [1.165, 1.54) is 0 Å². The molecule has 0 saturated heterocycles. The first-order chi connectivity index (χ1) is 6.88. The van der Waals surface area contributed by atoms with Crippen LogP contribution in [0.1, 0.15) is 5.82 Å². The van der Waals surface area contributed by atoms with Crippen molar-refractivity contribution in [3.63, 3.8) is 0 Å². The Morgan fingerprint density at radius 3 is 2.13 bits per heavy atom. The van der Waals surface area contributed by atoms with Crippen molar-refractivity contribution < 1.29 is 22.0 Å². The summed E-state index contributed by atoms with van der Waals surface area (Å²) in [5, 5.41) is 0. The molecule has 2 aromatic rings. The van der Waals surface area contributed by atoms with Crippen LogP contribution in [-0.2, 0) is 6.18 Å². The van der Waals surface area contributed by atoms with Gasteiger partial charge in [0, 0.05) is 0 Å². The van der Waals surface area contributed by atoms with Gasteiger partial charge in [0.25, 0.3) is 11.9 Å². The maximum atomic E-state index is 12.5. The number of hydrogen-bond donors (Lipinski definition) is 1. The summed E-state index contributed by atoms with van der Waals surface area (Å²) in [7, 11) is 0. The summed E-state index contributed by atoms with van der Waals surface area (Å²) < 4.78 is 61.2. The van der Waals surface area contributed by atoms with E-state index >= 15 is 0 Å². The third-order valence-corrected chi connectivity index (χ3v) is 1.52. The Labute approximate surface area is 78.2 Å². The summed E-state index contributed by atoms with van der Waals surface area (Å²) in [6, 6.07) is 0. The maximum absolute atomic E-state index is 12.5. The van der Waals surface area contributed by atoms with Crippen molar-refractivity contribution in [3.05, 3.63) is 17.7 Å². The minimum atomic E-state index is -4.74. The van der Waals surface area contributed by atoms with Gasteiger partial charge in [0.1, 0.15) is 0 Å². The molecular formula is C6HF5N4. The van der Waals surface area contributed by atoms with Gasteiger partial charge in [-0.1, -0.05) is 0 Å². The Balaban J connectivity index is 2.66. The predicted molar refractivity (Wildman–Crippen MR) is 36.6 cm³/mol. The van der Waals surface area contributed by atoms with E-state index in [9.17, 15) is 22.0 Å². The second-order valence-electron chi connectivity index (χ2n) is 2.56. The molecule has 0 aliphatic heterocycles. The van der Waals surface area contributed by atoms with Crippen LogP contribution in [0.4, 0.5) is 22.0 Å². The maximum Gasteiger partial charge on any atom is 0.449 e. The first-order valence-corrected chi connectivity index (χ1v) is 3.54. The van der Waals surface area contributed by atoms with Crippen LogP contribution in [0.3, 0.4) is 0 Å². The fourth-order valence-electron chi connectivity index (χ4n) is 0.928. The first kappa shape index (κ1) is 9.74. The molecule has 2 heterocycles.